The predicted octanol–water partition coefficient (Wildman–Crippen LogP) is 2.67. The SMILES string of the molecule is COc1ccc(CNC(=O)NN2[C@H](C)CCC[C@@H]2C)cc1. The maximum absolute atomic E-state index is 12.0. The molecule has 2 N–H and O–H groups in total. The summed E-state index contributed by atoms with van der Waals surface area (Å²) < 4.78 is 5.11. The average Bonchev–Trinajstić information content (AvgIpc) is 2.49. The van der Waals surface area contributed by atoms with Crippen LogP contribution in [0.3, 0.4) is 0 Å². The van der Waals surface area contributed by atoms with E-state index < -0.39 is 0 Å². The van der Waals surface area contributed by atoms with E-state index in [-0.39, 0.29) is 6.03 Å². The number of ether oxygens (including phenoxy) is 1. The number of hydrazine groups is 1. The second-order valence-corrected chi connectivity index (χ2v) is 5.68. The summed E-state index contributed by atoms with van der Waals surface area (Å²) in [5, 5.41) is 4.95. The first-order valence-corrected chi connectivity index (χ1v) is 7.56. The van der Waals surface area contributed by atoms with Gasteiger partial charge in [0.15, 0.2) is 0 Å². The van der Waals surface area contributed by atoms with Gasteiger partial charge >= 0.3 is 6.03 Å². The first kappa shape index (κ1) is 15.6. The smallest absolute Gasteiger partial charge is 0.329 e. The molecule has 0 saturated carbocycles. The Morgan fingerprint density at radius 1 is 1.24 bits per heavy atom. The molecule has 0 spiro atoms. The fraction of sp³-hybridized carbons (Fsp3) is 0.562. The molecule has 2 amide bonds. The lowest BCUT2D eigenvalue weighted by Gasteiger charge is -2.38. The molecule has 0 aliphatic carbocycles. The van der Waals surface area contributed by atoms with Gasteiger partial charge in [-0.25, -0.2) is 9.80 Å². The number of nitrogens with zero attached hydrogens (tertiary/aromatic N) is 1. The molecule has 0 unspecified atom stereocenters. The van der Waals surface area contributed by atoms with E-state index in [1.165, 1.54) is 6.42 Å². The Balaban J connectivity index is 1.81. The molecule has 1 aromatic rings. The van der Waals surface area contributed by atoms with Gasteiger partial charge in [-0.1, -0.05) is 18.6 Å². The van der Waals surface area contributed by atoms with E-state index in [9.17, 15) is 4.79 Å². The molecule has 21 heavy (non-hydrogen) atoms. The van der Waals surface area contributed by atoms with Crippen molar-refractivity contribution in [2.45, 2.75) is 51.7 Å². The van der Waals surface area contributed by atoms with Crippen LogP contribution in [0.4, 0.5) is 4.79 Å². The standard InChI is InChI=1S/C16H25N3O2/c1-12-5-4-6-13(2)19(12)18-16(20)17-11-14-7-9-15(21-3)10-8-14/h7-10,12-13H,4-6,11H2,1-3H3,(H2,17,18,20)/t12-,13+. The van der Waals surface area contributed by atoms with Crippen molar-refractivity contribution in [2.75, 3.05) is 7.11 Å². The van der Waals surface area contributed by atoms with Crippen LogP contribution in [0.25, 0.3) is 0 Å². The number of hydrogen-bond donors (Lipinski definition) is 2. The summed E-state index contributed by atoms with van der Waals surface area (Å²) in [6.07, 6.45) is 3.49. The van der Waals surface area contributed by atoms with Crippen LogP contribution in [0.1, 0.15) is 38.7 Å². The normalized spacial score (nSPS) is 22.6. The van der Waals surface area contributed by atoms with Crippen molar-refractivity contribution in [3.05, 3.63) is 29.8 Å². The molecule has 116 valence electrons. The van der Waals surface area contributed by atoms with E-state index in [1.54, 1.807) is 7.11 Å². The molecule has 1 aliphatic heterocycles. The second-order valence-electron chi connectivity index (χ2n) is 5.68. The van der Waals surface area contributed by atoms with Crippen LogP contribution in [0.15, 0.2) is 24.3 Å². The molecule has 5 heteroatoms. The van der Waals surface area contributed by atoms with Gasteiger partial charge in [-0.2, -0.15) is 0 Å². The van der Waals surface area contributed by atoms with Crippen molar-refractivity contribution in [3.63, 3.8) is 0 Å². The number of hydrogen-bond acceptors (Lipinski definition) is 3. The summed E-state index contributed by atoms with van der Waals surface area (Å²) in [6, 6.07) is 8.32. The highest BCUT2D eigenvalue weighted by atomic mass is 16.5. The quantitative estimate of drug-likeness (QED) is 0.896. The predicted molar refractivity (Wildman–Crippen MR) is 83.0 cm³/mol. The van der Waals surface area contributed by atoms with E-state index in [0.717, 1.165) is 24.2 Å². The van der Waals surface area contributed by atoms with E-state index in [1.807, 2.05) is 24.3 Å². The van der Waals surface area contributed by atoms with Crippen LogP contribution in [-0.2, 0) is 6.54 Å². The third-order valence-electron chi connectivity index (χ3n) is 4.04. The van der Waals surface area contributed by atoms with Crippen LogP contribution >= 0.6 is 0 Å². The molecule has 1 heterocycles. The Hall–Kier alpha value is -1.75. The van der Waals surface area contributed by atoms with E-state index in [2.05, 4.69) is 29.6 Å². The van der Waals surface area contributed by atoms with Crippen molar-refractivity contribution in [1.29, 1.82) is 0 Å². The van der Waals surface area contributed by atoms with Crippen molar-refractivity contribution in [1.82, 2.24) is 15.8 Å². The van der Waals surface area contributed by atoms with Gasteiger partial charge in [0.1, 0.15) is 5.75 Å². The van der Waals surface area contributed by atoms with Gasteiger partial charge in [0.2, 0.25) is 0 Å². The van der Waals surface area contributed by atoms with Gasteiger partial charge in [0.05, 0.1) is 7.11 Å². The number of rotatable bonds is 4. The summed E-state index contributed by atoms with van der Waals surface area (Å²) in [5.74, 6) is 0.819. The molecule has 1 fully saturated rings. The first-order valence-electron chi connectivity index (χ1n) is 7.56. The topological polar surface area (TPSA) is 53.6 Å². The maximum atomic E-state index is 12.0. The zero-order valence-electron chi connectivity index (χ0n) is 13.1. The van der Waals surface area contributed by atoms with Crippen LogP contribution in [0.2, 0.25) is 0 Å². The van der Waals surface area contributed by atoms with Gasteiger partial charge in [-0.3, -0.25) is 5.43 Å². The number of benzene rings is 1. The summed E-state index contributed by atoms with van der Waals surface area (Å²) in [7, 11) is 1.64. The van der Waals surface area contributed by atoms with Crippen LogP contribution < -0.4 is 15.5 Å². The van der Waals surface area contributed by atoms with Crippen molar-refractivity contribution >= 4 is 6.03 Å². The van der Waals surface area contributed by atoms with Gasteiger partial charge < -0.3 is 10.1 Å². The molecule has 2 atom stereocenters. The van der Waals surface area contributed by atoms with Crippen LogP contribution in [0.5, 0.6) is 5.75 Å². The Bertz CT molecular complexity index is 451. The lowest BCUT2D eigenvalue weighted by molar-refractivity contribution is 0.0594. The van der Waals surface area contributed by atoms with Crippen LogP contribution in [0, 0.1) is 0 Å². The molecule has 1 aromatic carbocycles. The Morgan fingerprint density at radius 2 is 1.86 bits per heavy atom. The molecule has 1 aliphatic rings. The largest absolute Gasteiger partial charge is 0.497 e. The minimum atomic E-state index is -0.147. The highest BCUT2D eigenvalue weighted by Gasteiger charge is 2.25. The van der Waals surface area contributed by atoms with Crippen LogP contribution in [-0.4, -0.2) is 30.2 Å². The number of piperidine rings is 1. The zero-order valence-corrected chi connectivity index (χ0v) is 13.1. The van der Waals surface area contributed by atoms with Gasteiger partial charge in [0, 0.05) is 18.6 Å². The van der Waals surface area contributed by atoms with E-state index >= 15 is 0 Å². The maximum Gasteiger partial charge on any atom is 0.329 e. The summed E-state index contributed by atoms with van der Waals surface area (Å²) >= 11 is 0. The lowest BCUT2D eigenvalue weighted by atomic mass is 10.00. The van der Waals surface area contributed by atoms with Gasteiger partial charge in [-0.15, -0.1) is 0 Å². The van der Waals surface area contributed by atoms with Crippen molar-refractivity contribution < 1.29 is 9.53 Å². The third-order valence-corrected chi connectivity index (χ3v) is 4.04. The number of carbonyl (C=O) groups excluding carboxylic acids is 1. The van der Waals surface area contributed by atoms with Crippen molar-refractivity contribution in [3.8, 4) is 5.75 Å². The number of nitrogens with one attached hydrogen (secondary N) is 2. The molecule has 2 rings (SSSR count). The number of amides is 2. The fourth-order valence-corrected chi connectivity index (χ4v) is 2.72. The van der Waals surface area contributed by atoms with Gasteiger partial charge in [-0.05, 0) is 44.4 Å². The minimum absolute atomic E-state index is 0.147. The molecule has 5 nitrogen and oxygen atoms in total. The summed E-state index contributed by atoms with van der Waals surface area (Å²) in [6.45, 7) is 4.81. The zero-order chi connectivity index (χ0) is 15.2. The molecular formula is C16H25N3O2. The highest BCUT2D eigenvalue weighted by molar-refractivity contribution is 5.73. The lowest BCUT2D eigenvalue weighted by Crippen LogP contribution is -2.56. The highest BCUT2D eigenvalue weighted by Crippen LogP contribution is 2.20. The third kappa shape index (κ3) is 4.36. The Kier molecular flexibility index (Phi) is 5.44. The molecule has 0 bridgehead atoms. The van der Waals surface area contributed by atoms with E-state index in [4.69, 9.17) is 4.74 Å². The summed E-state index contributed by atoms with van der Waals surface area (Å²) in [4.78, 5) is 12.0. The summed E-state index contributed by atoms with van der Waals surface area (Å²) in [5.41, 5.74) is 4.02. The number of urea groups is 1. The van der Waals surface area contributed by atoms with Crippen molar-refractivity contribution in [2.24, 2.45) is 0 Å². The van der Waals surface area contributed by atoms with E-state index in [0.29, 0.717) is 18.6 Å². The minimum Gasteiger partial charge on any atom is -0.497 e. The number of carbonyl (C=O) groups is 1. The Morgan fingerprint density at radius 3 is 2.43 bits per heavy atom. The average molecular weight is 291 g/mol. The second kappa shape index (κ2) is 7.31. The first-order chi connectivity index (χ1) is 10.1. The monoisotopic (exact) mass is 291 g/mol. The Labute approximate surface area is 126 Å². The molecule has 1 saturated heterocycles. The fourth-order valence-electron chi connectivity index (χ4n) is 2.72. The molecule has 0 aromatic heterocycles. The van der Waals surface area contributed by atoms with Gasteiger partial charge in [0.25, 0.3) is 0 Å². The molecule has 0 radical (unpaired) electrons. The molecular weight excluding hydrogens is 266 g/mol. The number of methoxy groups -OCH3 is 1.